The van der Waals surface area contributed by atoms with Crippen LogP contribution in [0.15, 0.2) is 120 Å². The molecule has 246 valence electrons. The highest BCUT2D eigenvalue weighted by Gasteiger charge is 2.42. The monoisotopic (exact) mass is 663 g/mol. The molecule has 0 aliphatic carbocycles. The van der Waals surface area contributed by atoms with Crippen LogP contribution in [0.25, 0.3) is 0 Å². The second-order valence-electron chi connectivity index (χ2n) is 11.3. The minimum atomic E-state index is -4.06. The van der Waals surface area contributed by atoms with E-state index in [0.717, 1.165) is 11.1 Å². The number of hydrogen-bond acceptors (Lipinski definition) is 7. The van der Waals surface area contributed by atoms with Crippen LogP contribution in [0.1, 0.15) is 40.1 Å². The Morgan fingerprint density at radius 3 is 2.21 bits per heavy atom. The van der Waals surface area contributed by atoms with Gasteiger partial charge < -0.3 is 19.1 Å². The van der Waals surface area contributed by atoms with Crippen molar-refractivity contribution in [3.8, 4) is 17.2 Å². The number of anilines is 3. The first-order valence-corrected chi connectivity index (χ1v) is 17.0. The predicted molar refractivity (Wildman–Crippen MR) is 188 cm³/mol. The summed E-state index contributed by atoms with van der Waals surface area (Å²) in [6.45, 7) is 4.77. The SMILES string of the molecule is CCOc1ccc(NS(=O)(=O)c2ccc3c(c2)C(=O)N(c2ccc(C)cc2)[C@H](c2cccc(OC)c2OC)N3Cc2ccccc2)cc1. The minimum Gasteiger partial charge on any atom is -0.494 e. The largest absolute Gasteiger partial charge is 0.494 e. The number of hydrogen-bond donors (Lipinski definition) is 1. The van der Waals surface area contributed by atoms with Gasteiger partial charge in [-0.2, -0.15) is 0 Å². The molecule has 5 aromatic rings. The highest BCUT2D eigenvalue weighted by Crippen LogP contribution is 2.47. The van der Waals surface area contributed by atoms with Crippen molar-refractivity contribution in [1.29, 1.82) is 0 Å². The van der Waals surface area contributed by atoms with Crippen LogP contribution < -0.4 is 28.7 Å². The molecule has 1 atom stereocenters. The molecule has 0 fully saturated rings. The van der Waals surface area contributed by atoms with E-state index in [9.17, 15) is 13.2 Å². The van der Waals surface area contributed by atoms with Crippen LogP contribution in [0.3, 0.4) is 0 Å². The molecule has 9 nitrogen and oxygen atoms in total. The van der Waals surface area contributed by atoms with Gasteiger partial charge in [0.2, 0.25) is 0 Å². The van der Waals surface area contributed by atoms with Gasteiger partial charge in [0, 0.05) is 23.5 Å². The number of methoxy groups -OCH3 is 2. The molecule has 48 heavy (non-hydrogen) atoms. The number of nitrogens with zero attached hydrogens (tertiary/aromatic N) is 2. The van der Waals surface area contributed by atoms with E-state index in [1.54, 1.807) is 49.5 Å². The number of carbonyl (C=O) groups is 1. The zero-order chi connectivity index (χ0) is 33.8. The summed E-state index contributed by atoms with van der Waals surface area (Å²) in [5.74, 6) is 1.30. The molecule has 6 rings (SSSR count). The van der Waals surface area contributed by atoms with Crippen molar-refractivity contribution in [2.24, 2.45) is 0 Å². The van der Waals surface area contributed by atoms with Gasteiger partial charge in [0.1, 0.15) is 11.9 Å². The van der Waals surface area contributed by atoms with Crippen LogP contribution in [0.4, 0.5) is 17.1 Å². The average molecular weight is 664 g/mol. The van der Waals surface area contributed by atoms with Crippen molar-refractivity contribution in [2.75, 3.05) is 35.3 Å². The van der Waals surface area contributed by atoms with Gasteiger partial charge in [-0.25, -0.2) is 8.42 Å². The zero-order valence-electron chi connectivity index (χ0n) is 27.2. The van der Waals surface area contributed by atoms with Crippen molar-refractivity contribution in [2.45, 2.75) is 31.5 Å². The van der Waals surface area contributed by atoms with Crippen molar-refractivity contribution >= 4 is 33.0 Å². The third kappa shape index (κ3) is 6.39. The van der Waals surface area contributed by atoms with Gasteiger partial charge in [-0.05, 0) is 80.1 Å². The Morgan fingerprint density at radius 1 is 0.812 bits per heavy atom. The number of aryl methyl sites for hydroxylation is 1. The Labute approximate surface area is 281 Å². The Morgan fingerprint density at radius 2 is 1.54 bits per heavy atom. The molecule has 0 bridgehead atoms. The number of ether oxygens (including phenoxy) is 3. The Balaban J connectivity index is 1.52. The molecule has 1 aliphatic rings. The maximum Gasteiger partial charge on any atom is 0.262 e. The zero-order valence-corrected chi connectivity index (χ0v) is 28.0. The fourth-order valence-electron chi connectivity index (χ4n) is 5.95. The standard InChI is InChI=1S/C38H37N3O6S/c1-5-47-30-20-16-28(17-21-30)39-48(43,44)31-22-23-34-33(24-31)38(42)41(29-18-14-26(2)15-19-29)37(40(34)25-27-10-7-6-8-11-27)32-12-9-13-35(45-3)36(32)46-4/h6-24,37,39H,5,25H2,1-4H3/t37-/m1/s1. The van der Waals surface area contributed by atoms with E-state index >= 15 is 0 Å². The van der Waals surface area contributed by atoms with Crippen LogP contribution in [0, 0.1) is 6.92 Å². The van der Waals surface area contributed by atoms with Gasteiger partial charge in [-0.15, -0.1) is 0 Å². The highest BCUT2D eigenvalue weighted by atomic mass is 32.2. The summed E-state index contributed by atoms with van der Waals surface area (Å²) in [4.78, 5) is 18.5. The Hall–Kier alpha value is -5.48. The fraction of sp³-hybridized carbons (Fsp3) is 0.184. The second-order valence-corrected chi connectivity index (χ2v) is 13.0. The molecule has 1 aliphatic heterocycles. The lowest BCUT2D eigenvalue weighted by atomic mass is 9.98. The summed E-state index contributed by atoms with van der Waals surface area (Å²) in [6, 6.07) is 34.6. The van der Waals surface area contributed by atoms with E-state index in [1.807, 2.05) is 86.6 Å². The van der Waals surface area contributed by atoms with Crippen molar-refractivity contribution in [3.63, 3.8) is 0 Å². The molecule has 10 heteroatoms. The number of rotatable bonds is 11. The van der Waals surface area contributed by atoms with E-state index in [-0.39, 0.29) is 16.4 Å². The summed E-state index contributed by atoms with van der Waals surface area (Å²) in [5, 5.41) is 0. The molecule has 5 aromatic carbocycles. The summed E-state index contributed by atoms with van der Waals surface area (Å²) >= 11 is 0. The predicted octanol–water partition coefficient (Wildman–Crippen LogP) is 7.58. The summed E-state index contributed by atoms with van der Waals surface area (Å²) in [7, 11) is -0.911. The first-order chi connectivity index (χ1) is 23.2. The highest BCUT2D eigenvalue weighted by molar-refractivity contribution is 7.92. The number of para-hydroxylation sites is 1. The molecule has 1 N–H and O–H groups in total. The Bertz CT molecular complexity index is 2020. The summed E-state index contributed by atoms with van der Waals surface area (Å²) < 4.78 is 47.1. The molecule has 0 saturated carbocycles. The minimum absolute atomic E-state index is 0.0376. The van der Waals surface area contributed by atoms with Gasteiger partial charge in [-0.1, -0.05) is 60.2 Å². The van der Waals surface area contributed by atoms with Crippen LogP contribution in [-0.2, 0) is 16.6 Å². The lowest BCUT2D eigenvalue weighted by Crippen LogP contribution is -2.49. The van der Waals surface area contributed by atoms with Gasteiger partial charge in [0.25, 0.3) is 15.9 Å². The molecule has 0 saturated heterocycles. The molecule has 0 unspecified atom stereocenters. The van der Waals surface area contributed by atoms with E-state index in [1.165, 1.54) is 12.1 Å². The number of carbonyl (C=O) groups excluding carboxylic acids is 1. The van der Waals surface area contributed by atoms with Crippen LogP contribution in [-0.4, -0.2) is 35.2 Å². The topological polar surface area (TPSA) is 97.4 Å². The molecule has 0 aromatic heterocycles. The Kier molecular flexibility index (Phi) is 9.27. The van der Waals surface area contributed by atoms with Crippen LogP contribution in [0.5, 0.6) is 17.2 Å². The van der Waals surface area contributed by atoms with E-state index < -0.39 is 16.2 Å². The van der Waals surface area contributed by atoms with E-state index in [2.05, 4.69) is 9.62 Å². The third-order valence-corrected chi connectivity index (χ3v) is 9.59. The molecule has 1 heterocycles. The maximum absolute atomic E-state index is 14.8. The molecular formula is C38H37N3O6S. The summed E-state index contributed by atoms with van der Waals surface area (Å²) in [5.41, 5.74) is 4.60. The number of sulfonamides is 1. The average Bonchev–Trinajstić information content (AvgIpc) is 3.10. The van der Waals surface area contributed by atoms with Crippen molar-refractivity contribution in [1.82, 2.24) is 0 Å². The van der Waals surface area contributed by atoms with E-state index in [0.29, 0.717) is 53.0 Å². The number of nitrogens with one attached hydrogen (secondary N) is 1. The first-order valence-electron chi connectivity index (χ1n) is 15.6. The van der Waals surface area contributed by atoms with Crippen molar-refractivity contribution in [3.05, 3.63) is 138 Å². The first kappa shape index (κ1) is 32.5. The number of fused-ring (bicyclic) bond motifs is 1. The van der Waals surface area contributed by atoms with Crippen molar-refractivity contribution < 1.29 is 27.4 Å². The lowest BCUT2D eigenvalue weighted by molar-refractivity contribution is 0.0967. The van der Waals surface area contributed by atoms with E-state index in [4.69, 9.17) is 14.2 Å². The quantitative estimate of drug-likeness (QED) is 0.156. The van der Waals surface area contributed by atoms with Gasteiger partial charge in [0.05, 0.1) is 37.0 Å². The van der Waals surface area contributed by atoms with Gasteiger partial charge in [0.15, 0.2) is 11.5 Å². The van der Waals surface area contributed by atoms with Crippen LogP contribution >= 0.6 is 0 Å². The number of benzene rings is 5. The third-order valence-electron chi connectivity index (χ3n) is 8.21. The smallest absolute Gasteiger partial charge is 0.262 e. The molecule has 0 radical (unpaired) electrons. The number of amides is 1. The molecular weight excluding hydrogens is 627 g/mol. The summed E-state index contributed by atoms with van der Waals surface area (Å²) in [6.07, 6.45) is -0.678. The second kappa shape index (κ2) is 13.7. The maximum atomic E-state index is 14.8. The van der Waals surface area contributed by atoms with Gasteiger partial charge in [-0.3, -0.25) is 14.4 Å². The van der Waals surface area contributed by atoms with Crippen LogP contribution in [0.2, 0.25) is 0 Å². The molecule has 0 spiro atoms. The normalized spacial score (nSPS) is 14.3. The fourth-order valence-corrected chi connectivity index (χ4v) is 7.04. The molecule has 1 amide bonds. The lowest BCUT2D eigenvalue weighted by Gasteiger charge is -2.46. The van der Waals surface area contributed by atoms with Gasteiger partial charge >= 0.3 is 0 Å².